The molecule has 1 aliphatic rings. The van der Waals surface area contributed by atoms with Gasteiger partial charge in [0.25, 0.3) is 0 Å². The van der Waals surface area contributed by atoms with Crippen LogP contribution in [0.1, 0.15) is 33.1 Å². The van der Waals surface area contributed by atoms with Crippen LogP contribution in [0.2, 0.25) is 0 Å². The fraction of sp³-hybridized carbons (Fsp3) is 0.909. The quantitative estimate of drug-likeness (QED) is 0.323. The molecular formula is C11H23N3O. The first-order valence-corrected chi connectivity index (χ1v) is 5.83. The third kappa shape index (κ3) is 4.08. The van der Waals surface area contributed by atoms with Crippen LogP contribution in [0, 0.1) is 11.8 Å². The largest absolute Gasteiger partial charge is 0.409 e. The van der Waals surface area contributed by atoms with E-state index in [-0.39, 0.29) is 5.92 Å². The average molecular weight is 213 g/mol. The highest BCUT2D eigenvalue weighted by molar-refractivity contribution is 5.82. The Balaban J connectivity index is 2.37. The molecule has 88 valence electrons. The summed E-state index contributed by atoms with van der Waals surface area (Å²) in [4.78, 5) is 2.42. The second-order valence-corrected chi connectivity index (χ2v) is 4.76. The van der Waals surface area contributed by atoms with Crippen LogP contribution in [0.25, 0.3) is 0 Å². The van der Waals surface area contributed by atoms with Gasteiger partial charge < -0.3 is 15.8 Å². The highest BCUT2D eigenvalue weighted by Gasteiger charge is 2.17. The molecule has 1 fully saturated rings. The summed E-state index contributed by atoms with van der Waals surface area (Å²) in [5, 5.41) is 11.6. The van der Waals surface area contributed by atoms with E-state index in [0.29, 0.717) is 5.84 Å². The number of rotatable bonds is 3. The summed E-state index contributed by atoms with van der Waals surface area (Å²) in [5.41, 5.74) is 5.57. The lowest BCUT2D eigenvalue weighted by molar-refractivity contribution is 0.260. The highest BCUT2D eigenvalue weighted by atomic mass is 16.4. The lowest BCUT2D eigenvalue weighted by Gasteiger charge is -2.23. The monoisotopic (exact) mass is 213 g/mol. The highest BCUT2D eigenvalue weighted by Crippen LogP contribution is 2.17. The molecule has 1 rings (SSSR count). The lowest BCUT2D eigenvalue weighted by atomic mass is 10.0. The molecule has 0 aromatic carbocycles. The van der Waals surface area contributed by atoms with E-state index in [0.717, 1.165) is 25.6 Å². The van der Waals surface area contributed by atoms with Gasteiger partial charge in [-0.1, -0.05) is 19.0 Å². The van der Waals surface area contributed by atoms with Crippen molar-refractivity contribution in [2.75, 3.05) is 19.6 Å². The first-order chi connectivity index (χ1) is 7.13. The minimum Gasteiger partial charge on any atom is -0.409 e. The average Bonchev–Trinajstić information content (AvgIpc) is 2.42. The molecule has 1 heterocycles. The van der Waals surface area contributed by atoms with Crippen molar-refractivity contribution in [3.05, 3.63) is 0 Å². The van der Waals surface area contributed by atoms with Gasteiger partial charge in [0.2, 0.25) is 0 Å². The maximum Gasteiger partial charge on any atom is 0.143 e. The van der Waals surface area contributed by atoms with Gasteiger partial charge in [-0.25, -0.2) is 0 Å². The Bertz CT molecular complexity index is 218. The lowest BCUT2D eigenvalue weighted by Crippen LogP contribution is -2.35. The summed E-state index contributed by atoms with van der Waals surface area (Å²) in [6, 6.07) is 0. The predicted molar refractivity (Wildman–Crippen MR) is 62.0 cm³/mol. The molecule has 0 aromatic rings. The predicted octanol–water partition coefficient (Wildman–Crippen LogP) is 1.49. The van der Waals surface area contributed by atoms with Crippen molar-refractivity contribution >= 4 is 5.84 Å². The summed E-state index contributed by atoms with van der Waals surface area (Å²) >= 11 is 0. The van der Waals surface area contributed by atoms with Crippen molar-refractivity contribution in [1.29, 1.82) is 0 Å². The number of nitrogens with zero attached hydrogens (tertiary/aromatic N) is 2. The molecule has 0 bridgehead atoms. The van der Waals surface area contributed by atoms with Gasteiger partial charge in [0.1, 0.15) is 5.84 Å². The molecule has 1 aliphatic heterocycles. The Kier molecular flexibility index (Phi) is 4.88. The van der Waals surface area contributed by atoms with E-state index in [1.54, 1.807) is 0 Å². The van der Waals surface area contributed by atoms with Crippen LogP contribution in [-0.4, -0.2) is 35.6 Å². The fourth-order valence-corrected chi connectivity index (χ4v) is 2.08. The zero-order chi connectivity index (χ0) is 11.3. The summed E-state index contributed by atoms with van der Waals surface area (Å²) < 4.78 is 0. The number of likely N-dealkylation sites (tertiary alicyclic amines) is 1. The standard InChI is InChI=1S/C11H23N3O/c1-9-4-3-6-14(7-5-9)8-10(2)11(12)13-15/h9-10,15H,3-8H2,1-2H3,(H2,12,13). The van der Waals surface area contributed by atoms with E-state index < -0.39 is 0 Å². The summed E-state index contributed by atoms with van der Waals surface area (Å²) in [5.74, 6) is 1.32. The zero-order valence-electron chi connectivity index (χ0n) is 9.82. The topological polar surface area (TPSA) is 61.8 Å². The van der Waals surface area contributed by atoms with Gasteiger partial charge in [-0.05, 0) is 38.3 Å². The Morgan fingerprint density at radius 3 is 2.93 bits per heavy atom. The molecule has 0 aromatic heterocycles. The summed E-state index contributed by atoms with van der Waals surface area (Å²) in [6.07, 6.45) is 3.86. The number of hydrogen-bond acceptors (Lipinski definition) is 3. The molecule has 0 spiro atoms. The maximum absolute atomic E-state index is 8.58. The zero-order valence-corrected chi connectivity index (χ0v) is 9.82. The van der Waals surface area contributed by atoms with Crippen molar-refractivity contribution in [3.8, 4) is 0 Å². The third-order valence-corrected chi connectivity index (χ3v) is 3.26. The third-order valence-electron chi connectivity index (χ3n) is 3.26. The normalized spacial score (nSPS) is 27.3. The fourth-order valence-electron chi connectivity index (χ4n) is 2.08. The minimum atomic E-state index is 0.142. The van der Waals surface area contributed by atoms with Crippen molar-refractivity contribution in [3.63, 3.8) is 0 Å². The summed E-state index contributed by atoms with van der Waals surface area (Å²) in [7, 11) is 0. The van der Waals surface area contributed by atoms with E-state index in [2.05, 4.69) is 17.0 Å². The number of nitrogens with two attached hydrogens (primary N) is 1. The van der Waals surface area contributed by atoms with Crippen molar-refractivity contribution < 1.29 is 5.21 Å². The molecular weight excluding hydrogens is 190 g/mol. The molecule has 1 saturated heterocycles. The molecule has 4 heteroatoms. The van der Waals surface area contributed by atoms with Crippen LogP contribution in [-0.2, 0) is 0 Å². The Hall–Kier alpha value is -0.770. The van der Waals surface area contributed by atoms with Gasteiger partial charge in [-0.3, -0.25) is 0 Å². The van der Waals surface area contributed by atoms with Crippen molar-refractivity contribution in [2.45, 2.75) is 33.1 Å². The number of oxime groups is 1. The van der Waals surface area contributed by atoms with E-state index in [1.165, 1.54) is 19.3 Å². The first kappa shape index (κ1) is 12.3. The van der Waals surface area contributed by atoms with Crippen LogP contribution in [0.3, 0.4) is 0 Å². The molecule has 15 heavy (non-hydrogen) atoms. The van der Waals surface area contributed by atoms with E-state index in [4.69, 9.17) is 10.9 Å². The molecule has 3 N–H and O–H groups in total. The molecule has 2 atom stereocenters. The SMILES string of the molecule is CC1CCCN(CC(C)C(N)=NO)CC1. The Labute approximate surface area is 92.1 Å². The second kappa shape index (κ2) is 5.95. The van der Waals surface area contributed by atoms with Crippen LogP contribution >= 0.6 is 0 Å². The number of amidine groups is 1. The van der Waals surface area contributed by atoms with E-state index in [9.17, 15) is 0 Å². The van der Waals surface area contributed by atoms with Crippen LogP contribution in [0.5, 0.6) is 0 Å². The van der Waals surface area contributed by atoms with Crippen LogP contribution in [0.4, 0.5) is 0 Å². The van der Waals surface area contributed by atoms with Gasteiger partial charge in [0.15, 0.2) is 0 Å². The van der Waals surface area contributed by atoms with Gasteiger partial charge in [0, 0.05) is 12.5 Å². The summed E-state index contributed by atoms with van der Waals surface area (Å²) in [6.45, 7) is 7.51. The van der Waals surface area contributed by atoms with Crippen LogP contribution < -0.4 is 5.73 Å². The molecule has 0 amide bonds. The van der Waals surface area contributed by atoms with Crippen molar-refractivity contribution in [1.82, 2.24) is 4.90 Å². The van der Waals surface area contributed by atoms with Gasteiger partial charge in [-0.2, -0.15) is 0 Å². The maximum atomic E-state index is 8.58. The van der Waals surface area contributed by atoms with Crippen molar-refractivity contribution in [2.24, 2.45) is 22.7 Å². The van der Waals surface area contributed by atoms with Gasteiger partial charge >= 0.3 is 0 Å². The molecule has 2 unspecified atom stereocenters. The first-order valence-electron chi connectivity index (χ1n) is 5.83. The Morgan fingerprint density at radius 2 is 2.27 bits per heavy atom. The smallest absolute Gasteiger partial charge is 0.143 e. The second-order valence-electron chi connectivity index (χ2n) is 4.76. The van der Waals surface area contributed by atoms with E-state index >= 15 is 0 Å². The van der Waals surface area contributed by atoms with E-state index in [1.807, 2.05) is 6.92 Å². The molecule has 0 aliphatic carbocycles. The van der Waals surface area contributed by atoms with Gasteiger partial charge in [-0.15, -0.1) is 0 Å². The molecule has 4 nitrogen and oxygen atoms in total. The minimum absolute atomic E-state index is 0.142. The molecule has 0 saturated carbocycles. The van der Waals surface area contributed by atoms with Gasteiger partial charge in [0.05, 0.1) is 0 Å². The molecule has 0 radical (unpaired) electrons. The Morgan fingerprint density at radius 1 is 1.53 bits per heavy atom. The van der Waals surface area contributed by atoms with Crippen LogP contribution in [0.15, 0.2) is 5.16 Å². The number of hydrogen-bond donors (Lipinski definition) is 2.